The number of carbonyl (C=O) groups excluding carboxylic acids is 1. The second-order valence-electron chi connectivity index (χ2n) is 8.59. The van der Waals surface area contributed by atoms with Crippen molar-refractivity contribution < 1.29 is 13.9 Å². The number of halogens is 1. The molecule has 1 aliphatic carbocycles. The maximum atomic E-state index is 15.1. The third kappa shape index (κ3) is 3.92. The van der Waals surface area contributed by atoms with E-state index >= 15 is 4.39 Å². The van der Waals surface area contributed by atoms with Crippen LogP contribution in [0.25, 0.3) is 16.8 Å². The first kappa shape index (κ1) is 20.5. The molecule has 1 amide bonds. The van der Waals surface area contributed by atoms with E-state index in [0.717, 1.165) is 37.1 Å². The minimum Gasteiger partial charge on any atom is -0.497 e. The van der Waals surface area contributed by atoms with Crippen LogP contribution in [-0.2, 0) is 11.2 Å². The average Bonchev–Trinajstić information content (AvgIpc) is 3.46. The minimum atomic E-state index is -0.500. The van der Waals surface area contributed by atoms with Crippen molar-refractivity contribution in [3.8, 4) is 22.6 Å². The van der Waals surface area contributed by atoms with Crippen LogP contribution in [0.15, 0.2) is 47.3 Å². The molecule has 7 nitrogen and oxygen atoms in total. The van der Waals surface area contributed by atoms with Gasteiger partial charge in [0.1, 0.15) is 17.4 Å². The summed E-state index contributed by atoms with van der Waals surface area (Å²) in [6.07, 6.45) is 3.35. The number of carbonyl (C=O) groups is 1. The number of ether oxygens (including phenoxy) is 1. The molecule has 0 spiro atoms. The number of amides is 1. The Bertz CT molecular complexity index is 1200. The van der Waals surface area contributed by atoms with Gasteiger partial charge in [-0.2, -0.15) is 5.10 Å². The summed E-state index contributed by atoms with van der Waals surface area (Å²) in [6.45, 7) is 1.40. The zero-order valence-corrected chi connectivity index (χ0v) is 17.9. The molecule has 166 valence electrons. The van der Waals surface area contributed by atoms with Crippen LogP contribution in [0.4, 0.5) is 4.39 Å². The van der Waals surface area contributed by atoms with Crippen molar-refractivity contribution in [3.63, 3.8) is 0 Å². The first-order valence-electron chi connectivity index (χ1n) is 10.9. The van der Waals surface area contributed by atoms with Crippen LogP contribution < -0.4 is 10.4 Å². The molecule has 1 N–H and O–H groups in total. The maximum Gasteiger partial charge on any atom is 0.348 e. The lowest BCUT2D eigenvalue weighted by molar-refractivity contribution is -0.131. The van der Waals surface area contributed by atoms with Crippen molar-refractivity contribution in [1.82, 2.24) is 19.7 Å². The normalized spacial score (nSPS) is 18.2. The van der Waals surface area contributed by atoms with Gasteiger partial charge in [0.2, 0.25) is 5.91 Å². The third-order valence-electron chi connectivity index (χ3n) is 6.35. The van der Waals surface area contributed by atoms with Crippen LogP contribution in [0.1, 0.15) is 25.1 Å². The second kappa shape index (κ2) is 8.26. The number of hydrogen-bond acceptors (Lipinski definition) is 4. The van der Waals surface area contributed by atoms with Crippen LogP contribution in [0.5, 0.6) is 5.75 Å². The number of rotatable bonds is 6. The van der Waals surface area contributed by atoms with Crippen molar-refractivity contribution in [2.24, 2.45) is 11.8 Å². The molecular weight excluding hydrogens is 411 g/mol. The lowest BCUT2D eigenvalue weighted by atomic mass is 10.0. The fraction of sp³-hybridized carbons (Fsp3) is 0.375. The van der Waals surface area contributed by atoms with Crippen molar-refractivity contribution in [3.05, 3.63) is 64.6 Å². The molecule has 1 aromatic heterocycles. The highest BCUT2D eigenvalue weighted by atomic mass is 19.1. The van der Waals surface area contributed by atoms with Crippen LogP contribution in [-0.4, -0.2) is 45.8 Å². The molecule has 0 radical (unpaired) electrons. The first-order valence-corrected chi connectivity index (χ1v) is 10.9. The zero-order valence-electron chi connectivity index (χ0n) is 17.9. The van der Waals surface area contributed by atoms with Gasteiger partial charge >= 0.3 is 5.69 Å². The second-order valence-corrected chi connectivity index (χ2v) is 8.59. The SMILES string of the molecule is COc1ccc(-c2ccc(-n3c(C[C@@H]4CCN(C(=O)C5CC5)C4)n[nH]c3=O)c(F)c2)cc1. The largest absolute Gasteiger partial charge is 0.497 e. The molecule has 0 bridgehead atoms. The molecule has 2 aromatic carbocycles. The predicted octanol–water partition coefficient (Wildman–Crippen LogP) is 3.18. The highest BCUT2D eigenvalue weighted by Gasteiger charge is 2.37. The van der Waals surface area contributed by atoms with E-state index in [1.165, 1.54) is 10.6 Å². The summed E-state index contributed by atoms with van der Waals surface area (Å²) in [4.78, 5) is 26.7. The van der Waals surface area contributed by atoms with Gasteiger partial charge < -0.3 is 9.64 Å². The molecule has 2 heterocycles. The van der Waals surface area contributed by atoms with Gasteiger partial charge in [0, 0.05) is 25.4 Å². The van der Waals surface area contributed by atoms with Gasteiger partial charge in [-0.25, -0.2) is 18.9 Å². The average molecular weight is 436 g/mol. The molecule has 1 aliphatic heterocycles. The van der Waals surface area contributed by atoms with E-state index in [9.17, 15) is 9.59 Å². The summed E-state index contributed by atoms with van der Waals surface area (Å²) in [5, 5.41) is 6.61. The number of aromatic nitrogens is 3. The molecule has 2 fully saturated rings. The van der Waals surface area contributed by atoms with Crippen LogP contribution in [0, 0.1) is 17.7 Å². The van der Waals surface area contributed by atoms with Gasteiger partial charge in [0.15, 0.2) is 0 Å². The van der Waals surface area contributed by atoms with Crippen molar-refractivity contribution in [2.75, 3.05) is 20.2 Å². The van der Waals surface area contributed by atoms with Gasteiger partial charge in [0.05, 0.1) is 12.8 Å². The highest BCUT2D eigenvalue weighted by Crippen LogP contribution is 2.33. The van der Waals surface area contributed by atoms with Crippen molar-refractivity contribution in [2.45, 2.75) is 25.7 Å². The summed E-state index contributed by atoms with van der Waals surface area (Å²) in [5.74, 6) is 1.36. The molecule has 8 heteroatoms. The Hall–Kier alpha value is -3.42. The molecular formula is C24H25FN4O3. The summed E-state index contributed by atoms with van der Waals surface area (Å²) in [5.41, 5.74) is 1.25. The minimum absolute atomic E-state index is 0.167. The summed E-state index contributed by atoms with van der Waals surface area (Å²) >= 11 is 0. The maximum absolute atomic E-state index is 15.1. The fourth-order valence-corrected chi connectivity index (χ4v) is 4.41. The van der Waals surface area contributed by atoms with Crippen LogP contribution in [0.3, 0.4) is 0 Å². The summed E-state index contributed by atoms with van der Waals surface area (Å²) in [6, 6.07) is 12.2. The lowest BCUT2D eigenvalue weighted by Gasteiger charge is -2.16. The number of nitrogens with one attached hydrogen (secondary N) is 1. The smallest absolute Gasteiger partial charge is 0.348 e. The van der Waals surface area contributed by atoms with E-state index in [2.05, 4.69) is 10.2 Å². The Morgan fingerprint density at radius 3 is 2.59 bits per heavy atom. The highest BCUT2D eigenvalue weighted by molar-refractivity contribution is 5.81. The zero-order chi connectivity index (χ0) is 22.2. The number of H-pyrrole nitrogens is 1. The molecule has 5 rings (SSSR count). The molecule has 1 atom stereocenters. The third-order valence-corrected chi connectivity index (χ3v) is 6.35. The van der Waals surface area contributed by atoms with Gasteiger partial charge in [-0.3, -0.25) is 4.79 Å². The van der Waals surface area contributed by atoms with E-state index in [0.29, 0.717) is 24.4 Å². The van der Waals surface area contributed by atoms with E-state index < -0.39 is 11.5 Å². The quantitative estimate of drug-likeness (QED) is 0.644. The lowest BCUT2D eigenvalue weighted by Crippen LogP contribution is -2.30. The van der Waals surface area contributed by atoms with E-state index in [-0.39, 0.29) is 23.4 Å². The number of hydrogen-bond donors (Lipinski definition) is 1. The van der Waals surface area contributed by atoms with Gasteiger partial charge in [-0.05, 0) is 60.6 Å². The number of benzene rings is 2. The topological polar surface area (TPSA) is 80.2 Å². The number of aromatic amines is 1. The molecule has 32 heavy (non-hydrogen) atoms. The molecule has 3 aromatic rings. The van der Waals surface area contributed by atoms with Crippen LogP contribution >= 0.6 is 0 Å². The molecule has 1 saturated carbocycles. The number of methoxy groups -OCH3 is 1. The fourth-order valence-electron chi connectivity index (χ4n) is 4.41. The Labute approximate surface area is 184 Å². The van der Waals surface area contributed by atoms with Gasteiger partial charge in [-0.15, -0.1) is 0 Å². The molecule has 0 unspecified atom stereocenters. The Morgan fingerprint density at radius 1 is 1.16 bits per heavy atom. The Morgan fingerprint density at radius 2 is 1.91 bits per heavy atom. The first-order chi connectivity index (χ1) is 15.5. The monoisotopic (exact) mass is 436 g/mol. The van der Waals surface area contributed by atoms with E-state index in [4.69, 9.17) is 4.74 Å². The van der Waals surface area contributed by atoms with Gasteiger partial charge in [0.25, 0.3) is 0 Å². The van der Waals surface area contributed by atoms with Crippen molar-refractivity contribution >= 4 is 5.91 Å². The Kier molecular flexibility index (Phi) is 5.28. The van der Waals surface area contributed by atoms with E-state index in [1.807, 2.05) is 29.2 Å². The summed E-state index contributed by atoms with van der Waals surface area (Å²) < 4.78 is 21.6. The van der Waals surface area contributed by atoms with Crippen LogP contribution in [0.2, 0.25) is 0 Å². The molecule has 1 saturated heterocycles. The standard InChI is InChI=1S/C24H25FN4O3/c1-32-19-7-4-16(5-8-19)18-6-9-21(20(25)13-18)29-22(26-27-24(29)31)12-15-10-11-28(14-15)23(30)17-2-3-17/h4-9,13,15,17H,2-3,10-12,14H2,1H3,(H,27,31)/t15-/m0/s1. The van der Waals surface area contributed by atoms with Crippen molar-refractivity contribution in [1.29, 1.82) is 0 Å². The van der Waals surface area contributed by atoms with Gasteiger partial charge in [-0.1, -0.05) is 18.2 Å². The van der Waals surface area contributed by atoms with E-state index in [1.54, 1.807) is 19.2 Å². The Balaban J connectivity index is 1.36. The number of likely N-dealkylation sites (tertiary alicyclic amines) is 1. The predicted molar refractivity (Wildman–Crippen MR) is 117 cm³/mol. The number of nitrogens with zero attached hydrogens (tertiary/aromatic N) is 3. The molecule has 2 aliphatic rings. The summed E-state index contributed by atoms with van der Waals surface area (Å²) in [7, 11) is 1.60.